The number of hydrogen-bond acceptors (Lipinski definition) is 5. The van der Waals surface area contributed by atoms with Gasteiger partial charge < -0.3 is 14.6 Å². The number of aromatic nitrogens is 5. The largest absolute Gasteiger partial charge is 0.491 e. The molecule has 6 aromatic rings. The number of H-pyrrole nitrogens is 2. The predicted molar refractivity (Wildman–Crippen MR) is 144 cm³/mol. The number of fused-ring (bicyclic) bond motifs is 2. The van der Waals surface area contributed by atoms with Gasteiger partial charge in [0.1, 0.15) is 23.9 Å². The first-order chi connectivity index (χ1) is 18.0. The van der Waals surface area contributed by atoms with E-state index in [4.69, 9.17) is 4.74 Å². The second kappa shape index (κ2) is 9.48. The lowest BCUT2D eigenvalue weighted by Gasteiger charge is -2.11. The highest BCUT2D eigenvalue weighted by atomic mass is 19.1. The molecular formula is C29H25FN6O. The average Bonchev–Trinajstić information content (AvgIpc) is 3.53. The van der Waals surface area contributed by atoms with E-state index >= 15 is 0 Å². The monoisotopic (exact) mass is 492 g/mol. The highest BCUT2D eigenvalue weighted by Crippen LogP contribution is 2.35. The maximum Gasteiger partial charge on any atom is 0.155 e. The van der Waals surface area contributed by atoms with Gasteiger partial charge >= 0.3 is 0 Å². The quantitative estimate of drug-likeness (QED) is 0.289. The molecule has 4 aromatic heterocycles. The van der Waals surface area contributed by atoms with E-state index in [1.165, 1.54) is 12.1 Å². The Hall–Kier alpha value is -4.56. The van der Waals surface area contributed by atoms with Crippen molar-refractivity contribution in [2.45, 2.75) is 0 Å². The standard InChI is InChI=1S/C29H25FN6O/c1-36(2)10-11-37-22-12-19(15-31-17-22)20-13-25-28(34-35-29(25)32-16-20)27-14-24-23(4-3-5-26(24)33-27)18-6-8-21(30)9-7-18/h3-9,12-17,33H,10-11H2,1-2H3,(H,32,34,35). The normalized spacial score (nSPS) is 11.6. The molecule has 0 unspecified atom stereocenters. The van der Waals surface area contributed by atoms with Crippen molar-refractivity contribution in [2.24, 2.45) is 0 Å². The van der Waals surface area contributed by atoms with E-state index in [2.05, 4.69) is 42.2 Å². The Bertz CT molecular complexity index is 1700. The molecule has 0 spiro atoms. The van der Waals surface area contributed by atoms with Gasteiger partial charge in [-0.3, -0.25) is 10.1 Å². The lowest BCUT2D eigenvalue weighted by atomic mass is 10.0. The Labute approximate surface area is 213 Å². The first-order valence-electron chi connectivity index (χ1n) is 12.0. The Morgan fingerprint density at radius 1 is 0.892 bits per heavy atom. The molecule has 0 aliphatic rings. The van der Waals surface area contributed by atoms with Gasteiger partial charge in [0.15, 0.2) is 5.65 Å². The summed E-state index contributed by atoms with van der Waals surface area (Å²) in [7, 11) is 4.02. The van der Waals surface area contributed by atoms with Crippen molar-refractivity contribution in [3.8, 4) is 39.4 Å². The van der Waals surface area contributed by atoms with Crippen LogP contribution in [0.2, 0.25) is 0 Å². The van der Waals surface area contributed by atoms with Gasteiger partial charge in [-0.15, -0.1) is 0 Å². The molecular weight excluding hydrogens is 467 g/mol. The topological polar surface area (TPSA) is 82.7 Å². The van der Waals surface area contributed by atoms with Gasteiger partial charge in [0.25, 0.3) is 0 Å². The van der Waals surface area contributed by atoms with Crippen LogP contribution in [0.15, 0.2) is 79.3 Å². The van der Waals surface area contributed by atoms with Crippen LogP contribution in [0.25, 0.3) is 55.6 Å². The van der Waals surface area contributed by atoms with Crippen LogP contribution in [0, 0.1) is 5.82 Å². The SMILES string of the molecule is CN(C)CCOc1cncc(-c2cnc3[nH]nc(-c4cc5c(-c6ccc(F)cc6)cccc5[nH]4)c3c2)c1. The van der Waals surface area contributed by atoms with Crippen LogP contribution in [-0.2, 0) is 0 Å². The first-order valence-corrected chi connectivity index (χ1v) is 12.0. The maximum absolute atomic E-state index is 13.5. The van der Waals surface area contributed by atoms with Gasteiger partial charge in [0.2, 0.25) is 0 Å². The fourth-order valence-electron chi connectivity index (χ4n) is 4.43. The summed E-state index contributed by atoms with van der Waals surface area (Å²) < 4.78 is 19.3. The number of nitrogens with one attached hydrogen (secondary N) is 2. The van der Waals surface area contributed by atoms with Crippen LogP contribution in [0.3, 0.4) is 0 Å². The third-order valence-corrected chi connectivity index (χ3v) is 6.34. The Morgan fingerprint density at radius 3 is 2.57 bits per heavy atom. The molecule has 2 aromatic carbocycles. The molecule has 0 radical (unpaired) electrons. The number of hydrogen-bond donors (Lipinski definition) is 2. The van der Waals surface area contributed by atoms with E-state index in [0.29, 0.717) is 12.3 Å². The molecule has 0 saturated carbocycles. The summed E-state index contributed by atoms with van der Waals surface area (Å²) in [6, 6.07) is 18.7. The smallest absolute Gasteiger partial charge is 0.155 e. The maximum atomic E-state index is 13.5. The van der Waals surface area contributed by atoms with Gasteiger partial charge in [-0.1, -0.05) is 24.3 Å². The molecule has 0 bridgehead atoms. The molecule has 37 heavy (non-hydrogen) atoms. The lowest BCUT2D eigenvalue weighted by molar-refractivity contribution is 0.261. The van der Waals surface area contributed by atoms with Crippen LogP contribution in [0.5, 0.6) is 5.75 Å². The molecule has 0 aliphatic heterocycles. The van der Waals surface area contributed by atoms with E-state index in [9.17, 15) is 4.39 Å². The van der Waals surface area contributed by atoms with Crippen molar-refractivity contribution in [1.29, 1.82) is 0 Å². The van der Waals surface area contributed by atoms with E-state index in [-0.39, 0.29) is 5.82 Å². The van der Waals surface area contributed by atoms with Crippen molar-refractivity contribution >= 4 is 21.9 Å². The minimum Gasteiger partial charge on any atom is -0.491 e. The minimum absolute atomic E-state index is 0.252. The van der Waals surface area contributed by atoms with Gasteiger partial charge in [0, 0.05) is 46.4 Å². The number of ether oxygens (including phenoxy) is 1. The van der Waals surface area contributed by atoms with Gasteiger partial charge in [-0.2, -0.15) is 5.10 Å². The molecule has 0 saturated heterocycles. The molecule has 184 valence electrons. The first kappa shape index (κ1) is 22.9. The second-order valence-corrected chi connectivity index (χ2v) is 9.21. The third kappa shape index (κ3) is 4.54. The van der Waals surface area contributed by atoms with Crippen molar-refractivity contribution in [2.75, 3.05) is 27.2 Å². The van der Waals surface area contributed by atoms with E-state index < -0.39 is 0 Å². The van der Waals surface area contributed by atoms with Gasteiger partial charge in [0.05, 0.1) is 11.9 Å². The van der Waals surface area contributed by atoms with Crippen molar-refractivity contribution in [3.63, 3.8) is 0 Å². The van der Waals surface area contributed by atoms with Crippen LogP contribution in [0.4, 0.5) is 4.39 Å². The predicted octanol–water partition coefficient (Wildman–Crippen LogP) is 5.91. The lowest BCUT2D eigenvalue weighted by Crippen LogP contribution is -2.19. The van der Waals surface area contributed by atoms with Crippen molar-refractivity contribution < 1.29 is 9.13 Å². The molecule has 0 amide bonds. The summed E-state index contributed by atoms with van der Waals surface area (Å²) in [5.74, 6) is 0.466. The fourth-order valence-corrected chi connectivity index (χ4v) is 4.43. The summed E-state index contributed by atoms with van der Waals surface area (Å²) in [6.45, 7) is 1.41. The minimum atomic E-state index is -0.252. The number of halogens is 1. The summed E-state index contributed by atoms with van der Waals surface area (Å²) in [5.41, 5.74) is 7.13. The van der Waals surface area contributed by atoms with Crippen molar-refractivity contribution in [3.05, 3.63) is 85.1 Å². The molecule has 8 heteroatoms. The summed E-state index contributed by atoms with van der Waals surface area (Å²) in [5, 5.41) is 9.55. The Kier molecular flexibility index (Phi) is 5.86. The average molecular weight is 493 g/mol. The Balaban J connectivity index is 1.37. The Morgan fingerprint density at radius 2 is 1.73 bits per heavy atom. The summed E-state index contributed by atoms with van der Waals surface area (Å²) >= 11 is 0. The zero-order chi connectivity index (χ0) is 25.4. The van der Waals surface area contributed by atoms with Crippen LogP contribution in [0.1, 0.15) is 0 Å². The van der Waals surface area contributed by atoms with Gasteiger partial charge in [-0.05, 0) is 61.6 Å². The number of pyridine rings is 2. The summed E-state index contributed by atoms with van der Waals surface area (Å²) in [4.78, 5) is 14.5. The molecule has 2 N–H and O–H groups in total. The number of benzene rings is 2. The number of aromatic amines is 2. The highest BCUT2D eigenvalue weighted by molar-refractivity contribution is 6.01. The highest BCUT2D eigenvalue weighted by Gasteiger charge is 2.15. The van der Waals surface area contributed by atoms with Crippen LogP contribution >= 0.6 is 0 Å². The van der Waals surface area contributed by atoms with E-state index in [1.54, 1.807) is 24.5 Å². The molecule has 0 fully saturated rings. The number of likely N-dealkylation sites (N-methyl/N-ethyl adjacent to an activating group) is 1. The van der Waals surface area contributed by atoms with Crippen molar-refractivity contribution in [1.82, 2.24) is 30.0 Å². The fraction of sp³-hybridized carbons (Fsp3) is 0.138. The zero-order valence-electron chi connectivity index (χ0n) is 20.5. The molecule has 6 rings (SSSR count). The van der Waals surface area contributed by atoms with E-state index in [1.807, 2.05) is 44.6 Å². The zero-order valence-corrected chi connectivity index (χ0v) is 20.5. The van der Waals surface area contributed by atoms with Crippen LogP contribution < -0.4 is 4.74 Å². The summed E-state index contributed by atoms with van der Waals surface area (Å²) in [6.07, 6.45) is 5.33. The molecule has 0 atom stereocenters. The van der Waals surface area contributed by atoms with E-state index in [0.717, 1.165) is 62.2 Å². The number of nitrogens with zero attached hydrogens (tertiary/aromatic N) is 4. The number of rotatable bonds is 7. The molecule has 7 nitrogen and oxygen atoms in total. The third-order valence-electron chi connectivity index (χ3n) is 6.34. The molecule has 4 heterocycles. The second-order valence-electron chi connectivity index (χ2n) is 9.21. The molecule has 0 aliphatic carbocycles. The van der Waals surface area contributed by atoms with Crippen LogP contribution in [-0.4, -0.2) is 57.3 Å². The van der Waals surface area contributed by atoms with Gasteiger partial charge in [-0.25, -0.2) is 9.37 Å².